The van der Waals surface area contributed by atoms with Crippen molar-refractivity contribution in [1.82, 2.24) is 10.6 Å². The van der Waals surface area contributed by atoms with Gasteiger partial charge in [-0.15, -0.1) is 0 Å². The zero-order valence-electron chi connectivity index (χ0n) is 12.5. The molecule has 0 saturated heterocycles. The van der Waals surface area contributed by atoms with Crippen LogP contribution in [-0.4, -0.2) is 24.9 Å². The molecule has 0 aliphatic carbocycles. The Labute approximate surface area is 144 Å². The van der Waals surface area contributed by atoms with Crippen LogP contribution in [-0.2, 0) is 0 Å². The number of halogens is 2. The number of hydrogen-bond acceptors (Lipinski definition) is 2. The molecule has 120 valence electrons. The standard InChI is InChI=1S/C17H16Cl2N2O2/c1-11-2-4-12(5-3-11)16(22)20-8-9-21-17(23)14-10-13(18)6-7-15(14)19/h2-7,10H,8-9H2,1H3,(H,20,22)(H,21,23). The normalized spacial score (nSPS) is 10.2. The molecular formula is C17H16Cl2N2O2. The Balaban J connectivity index is 1.81. The summed E-state index contributed by atoms with van der Waals surface area (Å²) < 4.78 is 0. The lowest BCUT2D eigenvalue weighted by Gasteiger charge is -2.08. The van der Waals surface area contributed by atoms with Crippen LogP contribution in [0.3, 0.4) is 0 Å². The van der Waals surface area contributed by atoms with Crippen molar-refractivity contribution in [3.05, 3.63) is 69.2 Å². The van der Waals surface area contributed by atoms with E-state index in [1.165, 1.54) is 6.07 Å². The van der Waals surface area contributed by atoms with Crippen LogP contribution in [0.2, 0.25) is 10.0 Å². The second kappa shape index (κ2) is 7.99. The average Bonchev–Trinajstić information content (AvgIpc) is 2.54. The molecule has 2 aromatic carbocycles. The SMILES string of the molecule is Cc1ccc(C(=O)NCCNC(=O)c2cc(Cl)ccc2Cl)cc1. The molecule has 0 bridgehead atoms. The van der Waals surface area contributed by atoms with E-state index in [4.69, 9.17) is 23.2 Å². The summed E-state index contributed by atoms with van der Waals surface area (Å²) in [6.07, 6.45) is 0. The van der Waals surface area contributed by atoms with E-state index in [1.54, 1.807) is 24.3 Å². The van der Waals surface area contributed by atoms with Gasteiger partial charge in [-0.2, -0.15) is 0 Å². The maximum absolute atomic E-state index is 12.0. The fraction of sp³-hybridized carbons (Fsp3) is 0.176. The summed E-state index contributed by atoms with van der Waals surface area (Å²) in [7, 11) is 0. The van der Waals surface area contributed by atoms with Crippen molar-refractivity contribution in [3.63, 3.8) is 0 Å². The zero-order valence-corrected chi connectivity index (χ0v) is 14.0. The van der Waals surface area contributed by atoms with Crippen LogP contribution in [0, 0.1) is 6.92 Å². The van der Waals surface area contributed by atoms with E-state index in [2.05, 4.69) is 10.6 Å². The molecule has 2 amide bonds. The van der Waals surface area contributed by atoms with Crippen molar-refractivity contribution in [2.24, 2.45) is 0 Å². The first-order valence-electron chi connectivity index (χ1n) is 7.05. The van der Waals surface area contributed by atoms with Gasteiger partial charge in [0.2, 0.25) is 0 Å². The van der Waals surface area contributed by atoms with Crippen LogP contribution >= 0.6 is 23.2 Å². The second-order valence-electron chi connectivity index (χ2n) is 5.00. The molecule has 2 rings (SSSR count). The molecule has 0 saturated carbocycles. The van der Waals surface area contributed by atoms with E-state index in [0.717, 1.165) is 5.56 Å². The van der Waals surface area contributed by atoms with Gasteiger partial charge in [-0.25, -0.2) is 0 Å². The van der Waals surface area contributed by atoms with E-state index >= 15 is 0 Å². The van der Waals surface area contributed by atoms with Gasteiger partial charge < -0.3 is 10.6 Å². The van der Waals surface area contributed by atoms with Gasteiger partial charge in [-0.05, 0) is 37.3 Å². The molecule has 0 heterocycles. The highest BCUT2D eigenvalue weighted by atomic mass is 35.5. The molecule has 0 aliphatic heterocycles. The number of benzene rings is 2. The first-order chi connectivity index (χ1) is 11.0. The maximum atomic E-state index is 12.0. The predicted octanol–water partition coefficient (Wildman–Crippen LogP) is 3.46. The largest absolute Gasteiger partial charge is 0.350 e. The number of carbonyl (C=O) groups is 2. The number of aryl methyl sites for hydroxylation is 1. The molecule has 0 radical (unpaired) electrons. The topological polar surface area (TPSA) is 58.2 Å². The first-order valence-corrected chi connectivity index (χ1v) is 7.81. The Morgan fingerprint density at radius 1 is 0.913 bits per heavy atom. The quantitative estimate of drug-likeness (QED) is 0.811. The molecule has 2 N–H and O–H groups in total. The third kappa shape index (κ3) is 4.98. The van der Waals surface area contributed by atoms with Crippen molar-refractivity contribution in [3.8, 4) is 0 Å². The molecule has 0 spiro atoms. The van der Waals surface area contributed by atoms with Crippen LogP contribution in [0.5, 0.6) is 0 Å². The van der Waals surface area contributed by atoms with Crippen LogP contribution in [0.4, 0.5) is 0 Å². The number of rotatable bonds is 5. The molecule has 0 atom stereocenters. The number of amides is 2. The lowest BCUT2D eigenvalue weighted by atomic mass is 10.1. The van der Waals surface area contributed by atoms with Crippen molar-refractivity contribution in [2.45, 2.75) is 6.92 Å². The van der Waals surface area contributed by atoms with Crippen LogP contribution < -0.4 is 10.6 Å². The van der Waals surface area contributed by atoms with Gasteiger partial charge >= 0.3 is 0 Å². The van der Waals surface area contributed by atoms with Gasteiger partial charge in [0.25, 0.3) is 11.8 Å². The minimum atomic E-state index is -0.331. The monoisotopic (exact) mass is 350 g/mol. The highest BCUT2D eigenvalue weighted by molar-refractivity contribution is 6.35. The minimum Gasteiger partial charge on any atom is -0.350 e. The number of hydrogen-bond donors (Lipinski definition) is 2. The van der Waals surface area contributed by atoms with Gasteiger partial charge in [0, 0.05) is 23.7 Å². The average molecular weight is 351 g/mol. The molecule has 6 heteroatoms. The molecule has 0 fully saturated rings. The highest BCUT2D eigenvalue weighted by Crippen LogP contribution is 2.20. The Morgan fingerprint density at radius 2 is 1.52 bits per heavy atom. The summed E-state index contributed by atoms with van der Waals surface area (Å²) >= 11 is 11.8. The zero-order chi connectivity index (χ0) is 16.8. The fourth-order valence-electron chi connectivity index (χ4n) is 1.93. The van der Waals surface area contributed by atoms with E-state index in [9.17, 15) is 9.59 Å². The van der Waals surface area contributed by atoms with E-state index in [-0.39, 0.29) is 11.8 Å². The van der Waals surface area contributed by atoms with Crippen molar-refractivity contribution in [1.29, 1.82) is 0 Å². The van der Waals surface area contributed by atoms with Gasteiger partial charge in [0.15, 0.2) is 0 Å². The summed E-state index contributed by atoms with van der Waals surface area (Å²) in [6, 6.07) is 11.9. The number of nitrogens with one attached hydrogen (secondary N) is 2. The Bertz CT molecular complexity index is 715. The summed E-state index contributed by atoms with van der Waals surface area (Å²) in [4.78, 5) is 23.9. The van der Waals surface area contributed by atoms with Crippen LogP contribution in [0.1, 0.15) is 26.3 Å². The molecule has 0 aliphatic rings. The van der Waals surface area contributed by atoms with Gasteiger partial charge in [-0.1, -0.05) is 40.9 Å². The lowest BCUT2D eigenvalue weighted by molar-refractivity contribution is 0.0927. The summed E-state index contributed by atoms with van der Waals surface area (Å²) in [6.45, 7) is 2.56. The summed E-state index contributed by atoms with van der Waals surface area (Å²) in [5, 5.41) is 6.19. The lowest BCUT2D eigenvalue weighted by Crippen LogP contribution is -2.34. The number of carbonyl (C=O) groups excluding carboxylic acids is 2. The Kier molecular flexibility index (Phi) is 6.02. The van der Waals surface area contributed by atoms with Crippen LogP contribution in [0.25, 0.3) is 0 Å². The van der Waals surface area contributed by atoms with Crippen molar-refractivity contribution < 1.29 is 9.59 Å². The fourth-order valence-corrected chi connectivity index (χ4v) is 2.30. The molecule has 2 aromatic rings. The maximum Gasteiger partial charge on any atom is 0.252 e. The van der Waals surface area contributed by atoms with E-state index in [1.807, 2.05) is 19.1 Å². The minimum absolute atomic E-state index is 0.181. The van der Waals surface area contributed by atoms with Crippen molar-refractivity contribution in [2.75, 3.05) is 13.1 Å². The van der Waals surface area contributed by atoms with Gasteiger partial charge in [0.1, 0.15) is 0 Å². The first kappa shape index (κ1) is 17.3. The smallest absolute Gasteiger partial charge is 0.252 e. The summed E-state index contributed by atoms with van der Waals surface area (Å²) in [5.74, 6) is -0.512. The highest BCUT2D eigenvalue weighted by Gasteiger charge is 2.10. The van der Waals surface area contributed by atoms with E-state index in [0.29, 0.717) is 34.3 Å². The third-order valence-corrected chi connectivity index (χ3v) is 3.75. The molecule has 4 nitrogen and oxygen atoms in total. The molecular weight excluding hydrogens is 335 g/mol. The Morgan fingerprint density at radius 3 is 2.17 bits per heavy atom. The third-order valence-electron chi connectivity index (χ3n) is 3.18. The molecule has 0 aromatic heterocycles. The molecule has 23 heavy (non-hydrogen) atoms. The van der Waals surface area contributed by atoms with Gasteiger partial charge in [-0.3, -0.25) is 9.59 Å². The van der Waals surface area contributed by atoms with E-state index < -0.39 is 0 Å². The predicted molar refractivity (Wildman–Crippen MR) is 92.3 cm³/mol. The van der Waals surface area contributed by atoms with Crippen molar-refractivity contribution >= 4 is 35.0 Å². The van der Waals surface area contributed by atoms with Gasteiger partial charge in [0.05, 0.1) is 10.6 Å². The van der Waals surface area contributed by atoms with Crippen LogP contribution in [0.15, 0.2) is 42.5 Å². The molecule has 0 unspecified atom stereocenters. The Hall–Kier alpha value is -2.04. The summed E-state index contributed by atoms with van der Waals surface area (Å²) in [5.41, 5.74) is 1.98. The second-order valence-corrected chi connectivity index (χ2v) is 5.85.